The molecule has 1 saturated heterocycles. The molecule has 2 atom stereocenters. The van der Waals surface area contributed by atoms with Crippen molar-refractivity contribution >= 4 is 37.0 Å². The maximum atomic E-state index is 13.0. The first-order valence-corrected chi connectivity index (χ1v) is 15.7. The van der Waals surface area contributed by atoms with Crippen molar-refractivity contribution in [3.8, 4) is 0 Å². The van der Waals surface area contributed by atoms with Gasteiger partial charge in [0.1, 0.15) is 0 Å². The molecule has 8 nitrogen and oxygen atoms in total. The van der Waals surface area contributed by atoms with Crippen molar-refractivity contribution in [2.45, 2.75) is 51.8 Å². The van der Waals surface area contributed by atoms with E-state index in [-0.39, 0.29) is 30.2 Å². The summed E-state index contributed by atoms with van der Waals surface area (Å²) in [6.45, 7) is 8.33. The highest BCUT2D eigenvalue weighted by Gasteiger charge is 2.34. The molecule has 0 saturated carbocycles. The average molecular weight is 583 g/mol. The van der Waals surface area contributed by atoms with Gasteiger partial charge in [0.05, 0.1) is 19.1 Å². The normalized spacial score (nSPS) is 20.6. The first-order chi connectivity index (χ1) is 20.8. The van der Waals surface area contributed by atoms with Crippen molar-refractivity contribution in [1.82, 2.24) is 15.5 Å². The lowest BCUT2D eigenvalue weighted by molar-refractivity contribution is -0.123. The lowest BCUT2D eigenvalue weighted by Gasteiger charge is -2.31. The Hall–Kier alpha value is -3.33. The van der Waals surface area contributed by atoms with E-state index in [0.29, 0.717) is 38.1 Å². The molecule has 2 unspecified atom stereocenters. The van der Waals surface area contributed by atoms with Crippen LogP contribution in [0.5, 0.6) is 0 Å². The third kappa shape index (κ3) is 7.80. The number of allylic oxidation sites excluding steroid dienone is 2. The van der Waals surface area contributed by atoms with Gasteiger partial charge < -0.3 is 30.2 Å². The molecule has 5 rings (SSSR count). The van der Waals surface area contributed by atoms with Crippen molar-refractivity contribution in [1.29, 1.82) is 0 Å². The summed E-state index contributed by atoms with van der Waals surface area (Å²) in [6.07, 6.45) is 16.3. The highest BCUT2D eigenvalue weighted by molar-refractivity contribution is 6.68. The van der Waals surface area contributed by atoms with Gasteiger partial charge in [0, 0.05) is 25.3 Å². The molecule has 4 N–H and O–H groups in total. The minimum atomic E-state index is -0.954. The van der Waals surface area contributed by atoms with E-state index >= 15 is 0 Å². The lowest BCUT2D eigenvalue weighted by atomic mass is 9.63. The first-order valence-electron chi connectivity index (χ1n) is 15.7. The van der Waals surface area contributed by atoms with Gasteiger partial charge in [-0.1, -0.05) is 80.5 Å². The van der Waals surface area contributed by atoms with Gasteiger partial charge in [0.2, 0.25) is 11.8 Å². The van der Waals surface area contributed by atoms with Gasteiger partial charge in [-0.15, -0.1) is 0 Å². The predicted octanol–water partition coefficient (Wildman–Crippen LogP) is 2.55. The number of hydrogen-bond donors (Lipinski definition) is 4. The molecule has 226 valence electrons. The van der Waals surface area contributed by atoms with E-state index in [1.807, 2.05) is 35.3 Å². The number of carbonyl (C=O) groups is 2. The standard InChI is InChI=1S/C33H43B2N3O5/c1-3-4-5-15-36-32(39)21-38(23(2)27-10-9-26-13-14-34(41)30(26)17-27)20-25-8-6-7-24(16-25)19-37-33(40)28-11-12-29-22-43-35(42)31(29)18-28/h6-7,9-10,12,16-18,25,28,41-42H,2-5,8,11,13-15,19-22H2,1H3,(H,36,39)(H,37,40). The average Bonchev–Trinajstić information content (AvgIpc) is 3.58. The van der Waals surface area contributed by atoms with Crippen LogP contribution in [0, 0.1) is 11.8 Å². The first kappa shape index (κ1) is 31.1. The van der Waals surface area contributed by atoms with Crippen LogP contribution < -0.4 is 16.1 Å². The lowest BCUT2D eigenvalue weighted by Crippen LogP contribution is -2.39. The third-order valence-electron chi connectivity index (χ3n) is 8.86. The number of fused-ring (bicyclic) bond motifs is 2. The maximum absolute atomic E-state index is 13.0. The summed E-state index contributed by atoms with van der Waals surface area (Å²) in [4.78, 5) is 28.0. The fourth-order valence-electron chi connectivity index (χ4n) is 6.32. The monoisotopic (exact) mass is 583 g/mol. The number of carbonyl (C=O) groups excluding carboxylic acids is 2. The molecule has 2 amide bonds. The van der Waals surface area contributed by atoms with E-state index in [1.54, 1.807) is 0 Å². The van der Waals surface area contributed by atoms with Gasteiger partial charge in [-0.3, -0.25) is 9.59 Å². The number of hydrogen-bond acceptors (Lipinski definition) is 6. The number of nitrogens with zero attached hydrogens (tertiary/aromatic N) is 1. The highest BCUT2D eigenvalue weighted by Crippen LogP contribution is 2.30. The van der Waals surface area contributed by atoms with Gasteiger partial charge in [-0.2, -0.15) is 0 Å². The van der Waals surface area contributed by atoms with E-state index in [0.717, 1.165) is 66.3 Å². The Balaban J connectivity index is 1.23. The molecular formula is C33H43B2N3O5. The summed E-state index contributed by atoms with van der Waals surface area (Å²) >= 11 is 0. The summed E-state index contributed by atoms with van der Waals surface area (Å²) < 4.78 is 5.27. The zero-order valence-corrected chi connectivity index (χ0v) is 25.2. The van der Waals surface area contributed by atoms with E-state index in [9.17, 15) is 19.6 Å². The van der Waals surface area contributed by atoms with Crippen LogP contribution in [0.4, 0.5) is 0 Å². The number of benzene rings is 1. The Labute approximate surface area is 255 Å². The summed E-state index contributed by atoms with van der Waals surface area (Å²) in [5.74, 6) is -0.307. The summed E-state index contributed by atoms with van der Waals surface area (Å²) in [5.41, 5.74) is 6.49. The van der Waals surface area contributed by atoms with Crippen molar-refractivity contribution in [2.75, 3.05) is 32.8 Å². The van der Waals surface area contributed by atoms with Crippen LogP contribution in [-0.4, -0.2) is 73.6 Å². The van der Waals surface area contributed by atoms with Crippen LogP contribution in [-0.2, 0) is 20.7 Å². The molecular weight excluding hydrogens is 540 g/mol. The van der Waals surface area contributed by atoms with E-state index in [2.05, 4.69) is 42.4 Å². The van der Waals surface area contributed by atoms with E-state index in [1.165, 1.54) is 5.56 Å². The van der Waals surface area contributed by atoms with Crippen LogP contribution in [0.25, 0.3) is 5.70 Å². The molecule has 0 aromatic heterocycles. The number of nitrogens with one attached hydrogen (secondary N) is 2. The molecule has 1 aromatic rings. The summed E-state index contributed by atoms with van der Waals surface area (Å²) in [7, 11) is -0.954. The van der Waals surface area contributed by atoms with Crippen LogP contribution in [0.3, 0.4) is 0 Å². The van der Waals surface area contributed by atoms with Crippen molar-refractivity contribution < 1.29 is 24.3 Å². The molecule has 0 spiro atoms. The van der Waals surface area contributed by atoms with Crippen LogP contribution >= 0.6 is 0 Å². The molecule has 0 radical (unpaired) electrons. The van der Waals surface area contributed by atoms with E-state index < -0.39 is 14.0 Å². The molecule has 0 bridgehead atoms. The Bertz CT molecular complexity index is 1350. The minimum absolute atomic E-state index is 0.0298. The van der Waals surface area contributed by atoms with Gasteiger partial charge in [0.15, 0.2) is 0 Å². The quantitative estimate of drug-likeness (QED) is 0.210. The van der Waals surface area contributed by atoms with Crippen LogP contribution in [0.1, 0.15) is 50.2 Å². The second kappa shape index (κ2) is 14.4. The van der Waals surface area contributed by atoms with Gasteiger partial charge >= 0.3 is 14.0 Å². The van der Waals surface area contributed by atoms with Crippen LogP contribution in [0.2, 0.25) is 6.32 Å². The fourth-order valence-corrected chi connectivity index (χ4v) is 6.32. The third-order valence-corrected chi connectivity index (χ3v) is 8.86. The Kier molecular flexibility index (Phi) is 10.4. The SMILES string of the molecule is C=C(c1ccc2c(c1)B(O)CC2)N(CC(=O)NCCCCC)CC1C=C(CNC(=O)C2C=C3B(O)OCC3=CC2)C=CC1. The Morgan fingerprint density at radius 3 is 2.86 bits per heavy atom. The van der Waals surface area contributed by atoms with E-state index in [4.69, 9.17) is 4.65 Å². The molecule has 4 aliphatic rings. The second-order valence-electron chi connectivity index (χ2n) is 12.1. The fraction of sp³-hybridized carbons (Fsp3) is 0.455. The van der Waals surface area contributed by atoms with Crippen molar-refractivity contribution in [3.05, 3.63) is 82.9 Å². The maximum Gasteiger partial charge on any atom is 0.491 e. The molecule has 2 aliphatic carbocycles. The summed E-state index contributed by atoms with van der Waals surface area (Å²) in [5, 5.41) is 26.6. The molecule has 1 fully saturated rings. The van der Waals surface area contributed by atoms with Gasteiger partial charge in [-0.25, -0.2) is 0 Å². The molecule has 43 heavy (non-hydrogen) atoms. The number of rotatable bonds is 13. The number of amides is 2. The number of unbranched alkanes of at least 4 members (excludes halogenated alkanes) is 2. The topological polar surface area (TPSA) is 111 Å². The number of aryl methyl sites for hydroxylation is 1. The van der Waals surface area contributed by atoms with Crippen LogP contribution in [0.15, 0.2) is 71.8 Å². The van der Waals surface area contributed by atoms with Crippen molar-refractivity contribution in [3.63, 3.8) is 0 Å². The largest absolute Gasteiger partial charge is 0.491 e. The summed E-state index contributed by atoms with van der Waals surface area (Å²) in [6, 6.07) is 6.13. The van der Waals surface area contributed by atoms with Crippen molar-refractivity contribution in [2.24, 2.45) is 11.8 Å². The Morgan fingerprint density at radius 1 is 1.16 bits per heavy atom. The second-order valence-corrected chi connectivity index (χ2v) is 12.1. The predicted molar refractivity (Wildman–Crippen MR) is 172 cm³/mol. The smallest absolute Gasteiger partial charge is 0.446 e. The molecule has 2 aliphatic heterocycles. The molecule has 1 aromatic carbocycles. The zero-order valence-electron chi connectivity index (χ0n) is 25.2. The minimum Gasteiger partial charge on any atom is -0.446 e. The van der Waals surface area contributed by atoms with Gasteiger partial charge in [0.25, 0.3) is 0 Å². The Morgan fingerprint density at radius 2 is 2.02 bits per heavy atom. The molecule has 10 heteroatoms. The highest BCUT2D eigenvalue weighted by atomic mass is 16.5. The van der Waals surface area contributed by atoms with Gasteiger partial charge in [-0.05, 0) is 65.6 Å². The zero-order chi connectivity index (χ0) is 30.3. The molecule has 2 heterocycles.